The smallest absolute Gasteiger partial charge is 0.182 e. The molecule has 12 nitrogen and oxygen atoms in total. The van der Waals surface area contributed by atoms with E-state index in [1.807, 2.05) is 0 Å². The number of carbonyl (C=O) groups is 1. The SMILES string of the molecule is O=C1C(c2c(O)c(Cc3ccncc3)c(O)c(Cc3ccncc3)c2O)=C(O)C1c1c(O)c(Cc2ccncc2)c(O)c(Cc2ccncc2)c1O. The third-order valence-electron chi connectivity index (χ3n) is 9.37. The van der Waals surface area contributed by atoms with Crippen LogP contribution in [0.2, 0.25) is 0 Å². The summed E-state index contributed by atoms with van der Waals surface area (Å²) in [5.41, 5.74) is 1.44. The van der Waals surface area contributed by atoms with Crippen LogP contribution in [0.3, 0.4) is 0 Å². The summed E-state index contributed by atoms with van der Waals surface area (Å²) in [6.07, 6.45) is 12.3. The monoisotopic (exact) mass is 696 g/mol. The Labute approximate surface area is 297 Å². The van der Waals surface area contributed by atoms with Gasteiger partial charge in [-0.3, -0.25) is 24.7 Å². The van der Waals surface area contributed by atoms with Crippen molar-refractivity contribution in [2.24, 2.45) is 0 Å². The highest BCUT2D eigenvalue weighted by molar-refractivity contribution is 6.33. The van der Waals surface area contributed by atoms with Gasteiger partial charge in [0.05, 0.1) is 16.7 Å². The van der Waals surface area contributed by atoms with E-state index in [9.17, 15) is 40.5 Å². The molecule has 4 heterocycles. The number of aromatic hydroxyl groups is 6. The highest BCUT2D eigenvalue weighted by atomic mass is 16.3. The Kier molecular flexibility index (Phi) is 8.87. The summed E-state index contributed by atoms with van der Waals surface area (Å²) in [5.74, 6) is -6.36. The lowest BCUT2D eigenvalue weighted by molar-refractivity contribution is -0.116. The number of phenolic OH excluding ortho intramolecular Hbond substituents is 6. The second-order valence-corrected chi connectivity index (χ2v) is 12.5. The Morgan fingerprint density at radius 2 is 0.712 bits per heavy atom. The number of allylic oxidation sites excluding steroid dienone is 2. The van der Waals surface area contributed by atoms with Crippen molar-refractivity contribution >= 4 is 11.4 Å². The summed E-state index contributed by atoms with van der Waals surface area (Å²) >= 11 is 0. The van der Waals surface area contributed by atoms with Crippen LogP contribution < -0.4 is 0 Å². The molecule has 1 atom stereocenters. The van der Waals surface area contributed by atoms with Gasteiger partial charge in [0, 0.05) is 97.5 Å². The van der Waals surface area contributed by atoms with Crippen molar-refractivity contribution in [2.45, 2.75) is 31.6 Å². The fourth-order valence-electron chi connectivity index (χ4n) is 6.64. The van der Waals surface area contributed by atoms with Crippen LogP contribution in [0.1, 0.15) is 61.6 Å². The molecule has 7 rings (SSSR count). The molecule has 0 spiro atoms. The number of phenols is 6. The van der Waals surface area contributed by atoms with Crippen molar-refractivity contribution in [3.63, 3.8) is 0 Å². The van der Waals surface area contributed by atoms with E-state index in [1.54, 1.807) is 98.1 Å². The Hall–Kier alpha value is -6.95. The minimum absolute atomic E-state index is 0.00536. The van der Waals surface area contributed by atoms with Gasteiger partial charge in [-0.15, -0.1) is 0 Å². The number of Topliss-reactive ketones (excluding diaryl/α,β-unsaturated/α-hetero) is 1. The average Bonchev–Trinajstić information content (AvgIpc) is 3.17. The molecule has 260 valence electrons. The van der Waals surface area contributed by atoms with Gasteiger partial charge in [-0.1, -0.05) is 0 Å². The topological polar surface area (TPSA) is 210 Å². The van der Waals surface area contributed by atoms with Crippen molar-refractivity contribution in [3.8, 4) is 34.5 Å². The van der Waals surface area contributed by atoms with Gasteiger partial charge < -0.3 is 35.7 Å². The van der Waals surface area contributed by atoms with E-state index in [4.69, 9.17) is 0 Å². The Morgan fingerprint density at radius 1 is 0.423 bits per heavy atom. The predicted octanol–water partition coefficient (Wildman–Crippen LogP) is 5.50. The van der Waals surface area contributed by atoms with Crippen LogP contribution in [0.25, 0.3) is 5.57 Å². The Morgan fingerprint density at radius 3 is 1.00 bits per heavy atom. The van der Waals surface area contributed by atoms with E-state index in [2.05, 4.69) is 19.9 Å². The van der Waals surface area contributed by atoms with Gasteiger partial charge in [-0.05, 0) is 70.8 Å². The second-order valence-electron chi connectivity index (χ2n) is 12.5. The number of hydrogen-bond acceptors (Lipinski definition) is 12. The van der Waals surface area contributed by atoms with E-state index in [0.717, 1.165) is 0 Å². The molecular weight excluding hydrogens is 664 g/mol. The first-order valence-corrected chi connectivity index (χ1v) is 16.3. The van der Waals surface area contributed by atoms with Crippen LogP contribution in [0, 0.1) is 0 Å². The molecule has 0 amide bonds. The van der Waals surface area contributed by atoms with E-state index in [1.165, 1.54) is 0 Å². The summed E-state index contributed by atoms with van der Waals surface area (Å²) in [4.78, 5) is 30.2. The maximum atomic E-state index is 14.2. The fraction of sp³-hybridized carbons (Fsp3) is 0.125. The number of aromatic nitrogens is 4. The number of aliphatic hydroxyl groups is 1. The van der Waals surface area contributed by atoms with E-state index in [-0.39, 0.29) is 53.5 Å². The third kappa shape index (κ3) is 5.96. The molecule has 52 heavy (non-hydrogen) atoms. The number of nitrogens with zero attached hydrogens (tertiary/aromatic N) is 4. The number of hydrogen-bond donors (Lipinski definition) is 7. The predicted molar refractivity (Wildman–Crippen MR) is 188 cm³/mol. The van der Waals surface area contributed by atoms with Crippen molar-refractivity contribution in [1.29, 1.82) is 0 Å². The quantitative estimate of drug-likeness (QED) is 0.0947. The van der Waals surface area contributed by atoms with Crippen molar-refractivity contribution in [2.75, 3.05) is 0 Å². The van der Waals surface area contributed by atoms with Gasteiger partial charge in [-0.25, -0.2) is 0 Å². The zero-order chi connectivity index (χ0) is 36.5. The molecule has 7 N–H and O–H groups in total. The summed E-state index contributed by atoms with van der Waals surface area (Å²) in [6, 6.07) is 13.4. The number of aliphatic hydroxyl groups excluding tert-OH is 1. The van der Waals surface area contributed by atoms with Gasteiger partial charge in [0.2, 0.25) is 0 Å². The molecule has 0 saturated heterocycles. The molecular formula is C40H32N4O8. The molecule has 0 fully saturated rings. The first-order valence-electron chi connectivity index (χ1n) is 16.3. The zero-order valence-electron chi connectivity index (χ0n) is 27.5. The van der Waals surface area contributed by atoms with Gasteiger partial charge in [0.15, 0.2) is 5.78 Å². The van der Waals surface area contributed by atoms with E-state index in [0.29, 0.717) is 22.3 Å². The van der Waals surface area contributed by atoms with Gasteiger partial charge >= 0.3 is 0 Å². The van der Waals surface area contributed by atoms with E-state index >= 15 is 0 Å². The lowest BCUT2D eigenvalue weighted by Crippen LogP contribution is -2.29. The van der Waals surface area contributed by atoms with Crippen LogP contribution >= 0.6 is 0 Å². The maximum absolute atomic E-state index is 14.2. The van der Waals surface area contributed by atoms with Crippen LogP contribution in [0.5, 0.6) is 34.5 Å². The van der Waals surface area contributed by atoms with Gasteiger partial charge in [0.1, 0.15) is 46.2 Å². The molecule has 0 saturated carbocycles. The first-order chi connectivity index (χ1) is 25.2. The van der Waals surface area contributed by atoms with Gasteiger partial charge in [-0.2, -0.15) is 0 Å². The molecule has 2 aromatic carbocycles. The number of ketones is 1. The number of pyridine rings is 4. The highest BCUT2D eigenvalue weighted by Crippen LogP contribution is 2.57. The van der Waals surface area contributed by atoms with Crippen LogP contribution in [0.15, 0.2) is 104 Å². The number of rotatable bonds is 10. The Balaban J connectivity index is 1.40. The number of benzene rings is 2. The third-order valence-corrected chi connectivity index (χ3v) is 9.37. The van der Waals surface area contributed by atoms with Crippen LogP contribution in [-0.4, -0.2) is 61.5 Å². The maximum Gasteiger partial charge on any atom is 0.182 e. The van der Waals surface area contributed by atoms with Crippen molar-refractivity contribution in [3.05, 3.63) is 159 Å². The fourth-order valence-corrected chi connectivity index (χ4v) is 6.64. The molecule has 0 radical (unpaired) electrons. The molecule has 1 unspecified atom stereocenters. The molecule has 1 aliphatic rings. The molecule has 1 aliphatic carbocycles. The average molecular weight is 697 g/mol. The minimum atomic E-state index is -1.62. The normalized spacial score (nSPS) is 14.0. The minimum Gasteiger partial charge on any atom is -0.510 e. The van der Waals surface area contributed by atoms with Crippen LogP contribution in [0.4, 0.5) is 0 Å². The first kappa shape index (κ1) is 33.5. The molecule has 0 bridgehead atoms. The van der Waals surface area contributed by atoms with Crippen molar-refractivity contribution in [1.82, 2.24) is 19.9 Å². The molecule has 0 aliphatic heterocycles. The van der Waals surface area contributed by atoms with E-state index < -0.39 is 63.1 Å². The lowest BCUT2D eigenvalue weighted by atomic mass is 9.72. The largest absolute Gasteiger partial charge is 0.510 e. The zero-order valence-corrected chi connectivity index (χ0v) is 27.5. The number of carbonyl (C=O) groups excluding carboxylic acids is 1. The second kappa shape index (κ2) is 13.8. The molecule has 12 heteroatoms. The summed E-state index contributed by atoms with van der Waals surface area (Å²) in [6.45, 7) is 0. The summed E-state index contributed by atoms with van der Waals surface area (Å²) in [7, 11) is 0. The Bertz CT molecular complexity index is 2200. The summed E-state index contributed by atoms with van der Waals surface area (Å²) < 4.78 is 0. The van der Waals surface area contributed by atoms with Gasteiger partial charge in [0.25, 0.3) is 0 Å². The molecule has 4 aromatic heterocycles. The lowest BCUT2D eigenvalue weighted by Gasteiger charge is -2.32. The van der Waals surface area contributed by atoms with Crippen molar-refractivity contribution < 1.29 is 40.5 Å². The van der Waals surface area contributed by atoms with Crippen LogP contribution in [-0.2, 0) is 30.5 Å². The highest BCUT2D eigenvalue weighted by Gasteiger charge is 2.48. The molecule has 6 aromatic rings. The summed E-state index contributed by atoms with van der Waals surface area (Å²) in [5, 5.41) is 81.0. The standard InChI is InChI=1S/C40H32N4O8/c45-33-25(17-21-1-9-41-10-2-21)35(47)29(36(48)26(33)18-22-3-11-42-12-4-22)31-39(51)32(40(31)52)30-37(49)27(19-23-5-13-43-14-6-23)34(46)28(38(30)50)20-24-7-15-44-16-8-24/h1-16,31,45-51H,17-20H2.